The van der Waals surface area contributed by atoms with E-state index in [9.17, 15) is 0 Å². The summed E-state index contributed by atoms with van der Waals surface area (Å²) in [5, 5.41) is 3.64. The Morgan fingerprint density at radius 1 is 1.33 bits per heavy atom. The van der Waals surface area contributed by atoms with Gasteiger partial charge in [0.05, 0.1) is 12.7 Å². The smallest absolute Gasteiger partial charge is 0.0590 e. The summed E-state index contributed by atoms with van der Waals surface area (Å²) in [5.41, 5.74) is 0. The number of hydrogen-bond acceptors (Lipinski definition) is 3. The molecule has 15 heavy (non-hydrogen) atoms. The summed E-state index contributed by atoms with van der Waals surface area (Å²) >= 11 is 0. The molecule has 2 aliphatic heterocycles. The van der Waals surface area contributed by atoms with Crippen molar-refractivity contribution in [2.45, 2.75) is 38.8 Å². The van der Waals surface area contributed by atoms with Crippen molar-refractivity contribution in [1.82, 2.24) is 5.32 Å². The minimum Gasteiger partial charge on any atom is -0.381 e. The van der Waals surface area contributed by atoms with E-state index >= 15 is 0 Å². The number of ether oxygens (including phenoxy) is 2. The summed E-state index contributed by atoms with van der Waals surface area (Å²) in [7, 11) is 0. The molecule has 2 fully saturated rings. The molecule has 2 saturated heterocycles. The lowest BCUT2D eigenvalue weighted by Gasteiger charge is -2.30. The van der Waals surface area contributed by atoms with E-state index in [1.165, 1.54) is 12.8 Å². The van der Waals surface area contributed by atoms with Crippen LogP contribution in [0.3, 0.4) is 0 Å². The molecule has 2 aliphatic rings. The quantitative estimate of drug-likeness (QED) is 0.766. The lowest BCUT2D eigenvalue weighted by Crippen LogP contribution is -2.45. The lowest BCUT2D eigenvalue weighted by atomic mass is 9.84. The average Bonchev–Trinajstić information content (AvgIpc) is 2.85. The van der Waals surface area contributed by atoms with Crippen molar-refractivity contribution in [3.05, 3.63) is 0 Å². The zero-order valence-corrected chi connectivity index (χ0v) is 9.87. The molecule has 1 N–H and O–H groups in total. The van der Waals surface area contributed by atoms with Gasteiger partial charge in [-0.05, 0) is 26.3 Å². The van der Waals surface area contributed by atoms with Gasteiger partial charge in [0, 0.05) is 31.1 Å². The highest BCUT2D eigenvalue weighted by Crippen LogP contribution is 2.31. The standard InChI is InChI=1S/C12H23NO2/c1-3-13-12(10-4-6-14-8-10)11-5-7-15-9(11)2/h9-13H,3-8H2,1-2H3. The molecule has 3 nitrogen and oxygen atoms in total. The second kappa shape index (κ2) is 5.28. The summed E-state index contributed by atoms with van der Waals surface area (Å²) in [5.74, 6) is 1.37. The van der Waals surface area contributed by atoms with Crippen LogP contribution in [0, 0.1) is 11.8 Å². The van der Waals surface area contributed by atoms with E-state index in [0.717, 1.165) is 26.4 Å². The van der Waals surface area contributed by atoms with E-state index < -0.39 is 0 Å². The van der Waals surface area contributed by atoms with Gasteiger partial charge in [-0.1, -0.05) is 6.92 Å². The third kappa shape index (κ3) is 2.52. The van der Waals surface area contributed by atoms with Crippen LogP contribution >= 0.6 is 0 Å². The Kier molecular flexibility index (Phi) is 4.00. The molecule has 0 amide bonds. The second-order valence-corrected chi connectivity index (χ2v) is 4.74. The summed E-state index contributed by atoms with van der Waals surface area (Å²) in [6.07, 6.45) is 2.82. The van der Waals surface area contributed by atoms with Crippen molar-refractivity contribution in [2.75, 3.05) is 26.4 Å². The van der Waals surface area contributed by atoms with Gasteiger partial charge in [-0.2, -0.15) is 0 Å². The fourth-order valence-corrected chi connectivity index (χ4v) is 2.96. The van der Waals surface area contributed by atoms with Crippen molar-refractivity contribution < 1.29 is 9.47 Å². The van der Waals surface area contributed by atoms with Crippen LogP contribution < -0.4 is 5.32 Å². The molecule has 0 spiro atoms. The fraction of sp³-hybridized carbons (Fsp3) is 1.00. The molecule has 3 heteroatoms. The van der Waals surface area contributed by atoms with Crippen LogP contribution in [0.5, 0.6) is 0 Å². The molecule has 0 aromatic heterocycles. The van der Waals surface area contributed by atoms with Gasteiger partial charge in [-0.15, -0.1) is 0 Å². The van der Waals surface area contributed by atoms with Gasteiger partial charge in [0.1, 0.15) is 0 Å². The van der Waals surface area contributed by atoms with Crippen LogP contribution in [0.2, 0.25) is 0 Å². The van der Waals surface area contributed by atoms with Crippen molar-refractivity contribution >= 4 is 0 Å². The van der Waals surface area contributed by atoms with Gasteiger partial charge in [0.2, 0.25) is 0 Å². The molecule has 88 valence electrons. The van der Waals surface area contributed by atoms with Crippen LogP contribution in [0.4, 0.5) is 0 Å². The Morgan fingerprint density at radius 3 is 2.73 bits per heavy atom. The molecule has 2 heterocycles. The molecule has 0 saturated carbocycles. The van der Waals surface area contributed by atoms with Crippen LogP contribution in [-0.2, 0) is 9.47 Å². The average molecular weight is 213 g/mol. The van der Waals surface area contributed by atoms with Gasteiger partial charge in [0.15, 0.2) is 0 Å². The Hall–Kier alpha value is -0.120. The first kappa shape index (κ1) is 11.4. The third-order valence-corrected chi connectivity index (χ3v) is 3.81. The second-order valence-electron chi connectivity index (χ2n) is 4.74. The largest absolute Gasteiger partial charge is 0.381 e. The van der Waals surface area contributed by atoms with E-state index in [1.807, 2.05) is 0 Å². The maximum absolute atomic E-state index is 5.67. The maximum Gasteiger partial charge on any atom is 0.0590 e. The van der Waals surface area contributed by atoms with E-state index in [1.54, 1.807) is 0 Å². The monoisotopic (exact) mass is 213 g/mol. The molecule has 0 radical (unpaired) electrons. The van der Waals surface area contributed by atoms with Gasteiger partial charge >= 0.3 is 0 Å². The van der Waals surface area contributed by atoms with E-state index in [-0.39, 0.29) is 0 Å². The molecule has 4 unspecified atom stereocenters. The summed E-state index contributed by atoms with van der Waals surface area (Å²) in [6.45, 7) is 8.24. The van der Waals surface area contributed by atoms with Crippen LogP contribution in [0.1, 0.15) is 26.7 Å². The minimum absolute atomic E-state index is 0.412. The van der Waals surface area contributed by atoms with E-state index in [4.69, 9.17) is 9.47 Å². The third-order valence-electron chi connectivity index (χ3n) is 3.81. The fourth-order valence-electron chi connectivity index (χ4n) is 2.96. The predicted octanol–water partition coefficient (Wildman–Crippen LogP) is 1.43. The molecule has 0 aromatic rings. The van der Waals surface area contributed by atoms with E-state index in [0.29, 0.717) is 24.0 Å². The normalized spacial score (nSPS) is 38.4. The van der Waals surface area contributed by atoms with Gasteiger partial charge < -0.3 is 14.8 Å². The summed E-state index contributed by atoms with van der Waals surface area (Å²) in [6, 6.07) is 0.593. The molecule has 2 rings (SSSR count). The Morgan fingerprint density at radius 2 is 2.20 bits per heavy atom. The van der Waals surface area contributed by atoms with Crippen LogP contribution in [0.15, 0.2) is 0 Å². The number of rotatable bonds is 4. The first-order chi connectivity index (χ1) is 7.33. The topological polar surface area (TPSA) is 30.5 Å². The highest BCUT2D eigenvalue weighted by molar-refractivity contribution is 4.90. The zero-order valence-electron chi connectivity index (χ0n) is 9.87. The first-order valence-corrected chi connectivity index (χ1v) is 6.25. The van der Waals surface area contributed by atoms with Gasteiger partial charge in [0.25, 0.3) is 0 Å². The first-order valence-electron chi connectivity index (χ1n) is 6.25. The highest BCUT2D eigenvalue weighted by atomic mass is 16.5. The molecule has 4 atom stereocenters. The lowest BCUT2D eigenvalue weighted by molar-refractivity contribution is 0.0836. The SMILES string of the molecule is CCNC(C1CCOC1)C1CCOC1C. The summed E-state index contributed by atoms with van der Waals surface area (Å²) < 4.78 is 11.2. The predicted molar refractivity (Wildman–Crippen MR) is 59.9 cm³/mol. The Bertz CT molecular complexity index is 192. The molecule has 0 aromatic carbocycles. The van der Waals surface area contributed by atoms with Crippen molar-refractivity contribution in [3.63, 3.8) is 0 Å². The van der Waals surface area contributed by atoms with Crippen LogP contribution in [-0.4, -0.2) is 38.5 Å². The number of nitrogens with one attached hydrogen (secondary N) is 1. The zero-order chi connectivity index (χ0) is 10.7. The maximum atomic E-state index is 5.67. The molecular formula is C12H23NO2. The van der Waals surface area contributed by atoms with Crippen molar-refractivity contribution in [3.8, 4) is 0 Å². The molecule has 0 aliphatic carbocycles. The van der Waals surface area contributed by atoms with Gasteiger partial charge in [-0.3, -0.25) is 0 Å². The number of hydrogen-bond donors (Lipinski definition) is 1. The molecule has 0 bridgehead atoms. The molecular weight excluding hydrogens is 190 g/mol. The van der Waals surface area contributed by atoms with Crippen LogP contribution in [0.25, 0.3) is 0 Å². The minimum atomic E-state index is 0.412. The highest BCUT2D eigenvalue weighted by Gasteiger charge is 2.37. The van der Waals surface area contributed by atoms with E-state index in [2.05, 4.69) is 19.2 Å². The van der Waals surface area contributed by atoms with Gasteiger partial charge in [-0.25, -0.2) is 0 Å². The van der Waals surface area contributed by atoms with Crippen molar-refractivity contribution in [1.29, 1.82) is 0 Å². The summed E-state index contributed by atoms with van der Waals surface area (Å²) in [4.78, 5) is 0. The van der Waals surface area contributed by atoms with Crippen molar-refractivity contribution in [2.24, 2.45) is 11.8 Å². The Balaban J connectivity index is 1.97. The Labute approximate surface area is 92.5 Å².